The third kappa shape index (κ3) is 4.41. The fraction of sp³-hybridized carbons (Fsp3) is 0.478. The molecular weight excluding hydrogens is 370 g/mol. The molecule has 1 aliphatic rings. The molecule has 0 N–H and O–H groups in total. The van der Waals surface area contributed by atoms with Crippen molar-refractivity contribution in [3.05, 3.63) is 53.1 Å². The van der Waals surface area contributed by atoms with E-state index in [9.17, 15) is 4.21 Å². The van der Waals surface area contributed by atoms with Crippen molar-refractivity contribution >= 4 is 11.0 Å². The minimum absolute atomic E-state index is 0.122. The molecule has 1 aliphatic heterocycles. The molecule has 5 heteroatoms. The summed E-state index contributed by atoms with van der Waals surface area (Å²) < 4.78 is 26.6. The SMILES string of the molecule is CCCCC[C@H]1c2cc(OC)c(OC)cc2CCN1[S@](=O)c1ccc(C)cc1. The van der Waals surface area contributed by atoms with Crippen LogP contribution in [0.25, 0.3) is 0 Å². The van der Waals surface area contributed by atoms with Gasteiger partial charge in [-0.25, -0.2) is 8.51 Å². The molecular formula is C23H31NO3S. The van der Waals surface area contributed by atoms with Gasteiger partial charge in [-0.05, 0) is 55.2 Å². The van der Waals surface area contributed by atoms with Crippen molar-refractivity contribution < 1.29 is 13.7 Å². The van der Waals surface area contributed by atoms with Crippen LogP contribution in [0.1, 0.15) is 55.3 Å². The summed E-state index contributed by atoms with van der Waals surface area (Å²) in [6.45, 7) is 5.04. The highest BCUT2D eigenvalue weighted by Crippen LogP contribution is 2.41. The Morgan fingerprint density at radius 2 is 1.75 bits per heavy atom. The molecule has 0 bridgehead atoms. The van der Waals surface area contributed by atoms with Gasteiger partial charge >= 0.3 is 0 Å². The zero-order chi connectivity index (χ0) is 20.1. The van der Waals surface area contributed by atoms with Crippen LogP contribution in [-0.4, -0.2) is 29.3 Å². The van der Waals surface area contributed by atoms with Crippen LogP contribution in [0.4, 0.5) is 0 Å². The van der Waals surface area contributed by atoms with E-state index in [1.54, 1.807) is 14.2 Å². The first-order chi connectivity index (χ1) is 13.6. The summed E-state index contributed by atoms with van der Waals surface area (Å²) in [7, 11) is 2.16. The number of aryl methyl sites for hydroxylation is 1. The molecule has 152 valence electrons. The Morgan fingerprint density at radius 3 is 2.39 bits per heavy atom. The number of methoxy groups -OCH3 is 2. The van der Waals surface area contributed by atoms with Crippen LogP contribution in [0.3, 0.4) is 0 Å². The molecule has 2 aromatic carbocycles. The molecule has 0 amide bonds. The van der Waals surface area contributed by atoms with Gasteiger partial charge in [0.25, 0.3) is 0 Å². The van der Waals surface area contributed by atoms with Crippen LogP contribution >= 0.6 is 0 Å². The van der Waals surface area contributed by atoms with E-state index in [-0.39, 0.29) is 6.04 Å². The topological polar surface area (TPSA) is 38.8 Å². The highest BCUT2D eigenvalue weighted by molar-refractivity contribution is 7.82. The Kier molecular flexibility index (Phi) is 7.13. The number of benzene rings is 2. The summed E-state index contributed by atoms with van der Waals surface area (Å²) in [5, 5.41) is 0. The van der Waals surface area contributed by atoms with Gasteiger partial charge in [0, 0.05) is 12.6 Å². The van der Waals surface area contributed by atoms with Gasteiger partial charge < -0.3 is 9.47 Å². The Bertz CT molecular complexity index is 819. The summed E-state index contributed by atoms with van der Waals surface area (Å²) >= 11 is 0. The number of nitrogens with zero attached hydrogens (tertiary/aromatic N) is 1. The summed E-state index contributed by atoms with van der Waals surface area (Å²) in [6.07, 6.45) is 5.33. The van der Waals surface area contributed by atoms with Crippen molar-refractivity contribution in [2.75, 3.05) is 20.8 Å². The second-order valence-corrected chi connectivity index (χ2v) is 8.81. The number of ether oxygens (including phenoxy) is 2. The van der Waals surface area contributed by atoms with Gasteiger partial charge in [0.2, 0.25) is 0 Å². The molecule has 0 radical (unpaired) electrons. The molecule has 0 aliphatic carbocycles. The summed E-state index contributed by atoms with van der Waals surface area (Å²) in [4.78, 5) is 0.870. The first-order valence-corrected chi connectivity index (χ1v) is 11.2. The first-order valence-electron chi connectivity index (χ1n) is 10.1. The van der Waals surface area contributed by atoms with Crippen molar-refractivity contribution in [3.63, 3.8) is 0 Å². The number of hydrogen-bond acceptors (Lipinski definition) is 3. The zero-order valence-electron chi connectivity index (χ0n) is 17.4. The van der Waals surface area contributed by atoms with E-state index in [1.165, 1.54) is 29.5 Å². The van der Waals surface area contributed by atoms with Gasteiger partial charge in [0.05, 0.1) is 19.1 Å². The van der Waals surface area contributed by atoms with E-state index in [0.717, 1.165) is 42.2 Å². The van der Waals surface area contributed by atoms with Gasteiger partial charge in [0.1, 0.15) is 11.0 Å². The normalized spacial score (nSPS) is 17.8. The average molecular weight is 402 g/mol. The van der Waals surface area contributed by atoms with Crippen molar-refractivity contribution in [1.29, 1.82) is 0 Å². The molecule has 4 nitrogen and oxygen atoms in total. The number of fused-ring (bicyclic) bond motifs is 1. The maximum absolute atomic E-state index is 13.4. The highest BCUT2D eigenvalue weighted by Gasteiger charge is 2.32. The quantitative estimate of drug-likeness (QED) is 0.570. The molecule has 0 aromatic heterocycles. The third-order valence-corrected chi connectivity index (χ3v) is 7.01. The van der Waals surface area contributed by atoms with E-state index >= 15 is 0 Å². The molecule has 0 fully saturated rings. The number of unbranched alkanes of at least 4 members (excludes halogenated alkanes) is 2. The van der Waals surface area contributed by atoms with E-state index < -0.39 is 11.0 Å². The lowest BCUT2D eigenvalue weighted by atomic mass is 9.90. The molecule has 0 saturated carbocycles. The number of hydrogen-bond donors (Lipinski definition) is 0. The van der Waals surface area contributed by atoms with Crippen LogP contribution in [-0.2, 0) is 17.4 Å². The minimum Gasteiger partial charge on any atom is -0.493 e. The Labute approximate surface area is 171 Å². The molecule has 0 unspecified atom stereocenters. The van der Waals surface area contributed by atoms with Crippen molar-refractivity contribution in [1.82, 2.24) is 4.31 Å². The fourth-order valence-electron chi connectivity index (χ4n) is 3.88. The zero-order valence-corrected chi connectivity index (χ0v) is 18.2. The maximum Gasteiger partial charge on any atom is 0.161 e. The van der Waals surface area contributed by atoms with Crippen LogP contribution in [0.5, 0.6) is 11.5 Å². The van der Waals surface area contributed by atoms with E-state index in [2.05, 4.69) is 30.3 Å². The fourth-order valence-corrected chi connectivity index (χ4v) is 5.23. The van der Waals surface area contributed by atoms with Crippen molar-refractivity contribution in [3.8, 4) is 11.5 Å². The van der Waals surface area contributed by atoms with Crippen molar-refractivity contribution in [2.45, 2.75) is 56.9 Å². The molecule has 0 spiro atoms. The lowest BCUT2D eigenvalue weighted by molar-refractivity contribution is 0.297. The van der Waals surface area contributed by atoms with E-state index in [4.69, 9.17) is 9.47 Å². The predicted octanol–water partition coefficient (Wildman–Crippen LogP) is 5.21. The number of rotatable bonds is 8. The van der Waals surface area contributed by atoms with Gasteiger partial charge in [-0.1, -0.05) is 43.9 Å². The van der Waals surface area contributed by atoms with Gasteiger partial charge in [-0.3, -0.25) is 0 Å². The van der Waals surface area contributed by atoms with Gasteiger partial charge in [-0.2, -0.15) is 0 Å². The molecule has 28 heavy (non-hydrogen) atoms. The molecule has 0 saturated heterocycles. The summed E-state index contributed by atoms with van der Waals surface area (Å²) in [5.41, 5.74) is 3.68. The smallest absolute Gasteiger partial charge is 0.161 e. The van der Waals surface area contributed by atoms with Crippen molar-refractivity contribution in [2.24, 2.45) is 0 Å². The van der Waals surface area contributed by atoms with Crippen LogP contribution in [0, 0.1) is 6.92 Å². The summed E-state index contributed by atoms with van der Waals surface area (Å²) in [5.74, 6) is 1.51. The Morgan fingerprint density at radius 1 is 1.07 bits per heavy atom. The lowest BCUT2D eigenvalue weighted by Crippen LogP contribution is -2.37. The van der Waals surface area contributed by atoms with E-state index in [0.29, 0.717) is 0 Å². The summed E-state index contributed by atoms with van der Waals surface area (Å²) in [6, 6.07) is 12.3. The van der Waals surface area contributed by atoms with Gasteiger partial charge in [-0.15, -0.1) is 0 Å². The minimum atomic E-state index is -1.18. The first kappa shape index (κ1) is 20.9. The second kappa shape index (κ2) is 9.57. The molecule has 2 aromatic rings. The lowest BCUT2D eigenvalue weighted by Gasteiger charge is -2.36. The van der Waals surface area contributed by atoms with Crippen LogP contribution < -0.4 is 9.47 Å². The van der Waals surface area contributed by atoms with Gasteiger partial charge in [0.15, 0.2) is 11.5 Å². The monoisotopic (exact) mass is 401 g/mol. The third-order valence-electron chi connectivity index (χ3n) is 5.47. The highest BCUT2D eigenvalue weighted by atomic mass is 32.2. The second-order valence-electron chi connectivity index (χ2n) is 7.37. The Balaban J connectivity index is 1.96. The molecule has 2 atom stereocenters. The molecule has 1 heterocycles. The largest absolute Gasteiger partial charge is 0.493 e. The Hall–Kier alpha value is -1.85. The van der Waals surface area contributed by atoms with Crippen LogP contribution in [0.15, 0.2) is 41.3 Å². The van der Waals surface area contributed by atoms with E-state index in [1.807, 2.05) is 24.3 Å². The van der Waals surface area contributed by atoms with Crippen LogP contribution in [0.2, 0.25) is 0 Å². The molecule has 3 rings (SSSR count). The standard InChI is InChI=1S/C23H31NO3S/c1-5-6-7-8-21-20-16-23(27-4)22(26-3)15-18(20)13-14-24(21)28(25)19-11-9-17(2)10-12-19/h9-12,15-16,21H,5-8,13-14H2,1-4H3/t21-,28+/m0/s1. The average Bonchev–Trinajstić information content (AvgIpc) is 2.73. The maximum atomic E-state index is 13.4. The predicted molar refractivity (Wildman–Crippen MR) is 114 cm³/mol.